The molecule has 0 aliphatic carbocycles. The molecule has 5 nitrogen and oxygen atoms in total. The summed E-state index contributed by atoms with van der Waals surface area (Å²) in [4.78, 5) is 27.1. The smallest absolute Gasteiger partial charge is 0.246 e. The first kappa shape index (κ1) is 23.1. The van der Waals surface area contributed by atoms with Crippen molar-refractivity contribution < 1.29 is 9.59 Å². The van der Waals surface area contributed by atoms with Crippen LogP contribution < -0.4 is 5.32 Å². The number of amides is 2. The maximum absolute atomic E-state index is 12.8. The second-order valence-electron chi connectivity index (χ2n) is 9.51. The second-order valence-corrected chi connectivity index (χ2v) is 9.51. The Hall–Kier alpha value is -3.08. The molecule has 1 aliphatic rings. The number of rotatable bonds is 6. The van der Waals surface area contributed by atoms with Crippen LogP contribution in [0.15, 0.2) is 48.5 Å². The lowest BCUT2D eigenvalue weighted by Crippen LogP contribution is -2.45. The van der Waals surface area contributed by atoms with Crippen molar-refractivity contribution in [3.05, 3.63) is 54.1 Å². The van der Waals surface area contributed by atoms with Crippen LogP contribution in [0.5, 0.6) is 0 Å². The highest BCUT2D eigenvalue weighted by Gasteiger charge is 2.27. The summed E-state index contributed by atoms with van der Waals surface area (Å²) in [5.41, 5.74) is 3.48. The number of nitrogens with zero attached hydrogens (tertiary/aromatic N) is 2. The van der Waals surface area contributed by atoms with E-state index in [1.807, 2.05) is 17.9 Å². The Morgan fingerprint density at radius 1 is 1.03 bits per heavy atom. The predicted molar refractivity (Wildman–Crippen MR) is 136 cm³/mol. The summed E-state index contributed by atoms with van der Waals surface area (Å²) < 4.78 is 2.32. The quantitative estimate of drug-likeness (QED) is 0.529. The number of carbonyl (C=O) groups excluding carboxylic acids is 2. The van der Waals surface area contributed by atoms with E-state index in [1.54, 1.807) is 6.08 Å². The summed E-state index contributed by atoms with van der Waals surface area (Å²) >= 11 is 0. The number of carbonyl (C=O) groups is 2. The molecule has 0 saturated carbocycles. The lowest BCUT2D eigenvalue weighted by molar-refractivity contribution is -0.132. The molecular formula is C28H35N3O2. The van der Waals surface area contributed by atoms with Crippen LogP contribution in [0.3, 0.4) is 0 Å². The minimum Gasteiger partial charge on any atom is -0.353 e. The fourth-order valence-corrected chi connectivity index (χ4v) is 4.66. The van der Waals surface area contributed by atoms with Crippen LogP contribution in [0.2, 0.25) is 0 Å². The number of aromatic nitrogens is 1. The molecule has 1 saturated heterocycles. The zero-order valence-corrected chi connectivity index (χ0v) is 20.2. The largest absolute Gasteiger partial charge is 0.353 e. The number of para-hydroxylation sites is 1. The van der Waals surface area contributed by atoms with Gasteiger partial charge in [0.25, 0.3) is 0 Å². The Morgan fingerprint density at radius 2 is 1.73 bits per heavy atom. The van der Waals surface area contributed by atoms with Crippen molar-refractivity contribution in [1.29, 1.82) is 0 Å². The molecule has 1 aromatic heterocycles. The first-order valence-electron chi connectivity index (χ1n) is 12.2. The Bertz CT molecular complexity index is 1180. The van der Waals surface area contributed by atoms with E-state index >= 15 is 0 Å². The van der Waals surface area contributed by atoms with Gasteiger partial charge in [-0.1, -0.05) is 38.1 Å². The van der Waals surface area contributed by atoms with Gasteiger partial charge in [0.2, 0.25) is 11.8 Å². The minimum atomic E-state index is -0.00230. The van der Waals surface area contributed by atoms with E-state index in [9.17, 15) is 9.59 Å². The van der Waals surface area contributed by atoms with Gasteiger partial charge in [0, 0.05) is 59.5 Å². The fourth-order valence-electron chi connectivity index (χ4n) is 4.66. The first-order chi connectivity index (χ1) is 15.9. The first-order valence-corrected chi connectivity index (χ1v) is 12.2. The highest BCUT2D eigenvalue weighted by molar-refractivity contribution is 6.08. The van der Waals surface area contributed by atoms with Gasteiger partial charge in [-0.25, -0.2) is 0 Å². The van der Waals surface area contributed by atoms with E-state index in [0.717, 1.165) is 24.9 Å². The van der Waals surface area contributed by atoms with Crippen LogP contribution in [0.1, 0.15) is 46.1 Å². The van der Waals surface area contributed by atoms with Gasteiger partial charge in [0.15, 0.2) is 0 Å². The van der Waals surface area contributed by atoms with Gasteiger partial charge in [-0.2, -0.15) is 0 Å². The molecule has 1 unspecified atom stereocenters. The Labute approximate surface area is 196 Å². The normalized spacial score (nSPS) is 16.2. The lowest BCUT2D eigenvalue weighted by atomic mass is 9.94. The maximum atomic E-state index is 12.8. The standard InChI is InChI=1S/C28H35N3O2/c1-5-31-25-9-7-6-8-23(25)24-18-21(10-12-26(24)31)11-13-27(32)30-16-14-22(15-17-30)28(33)29-20(4)19(2)3/h6-13,18-20,22H,5,14-17H2,1-4H3,(H,29,33)/b13-11+. The van der Waals surface area contributed by atoms with Gasteiger partial charge in [-0.05, 0) is 62.4 Å². The summed E-state index contributed by atoms with van der Waals surface area (Å²) in [5.74, 6) is 0.551. The summed E-state index contributed by atoms with van der Waals surface area (Å²) in [7, 11) is 0. The van der Waals surface area contributed by atoms with Crippen LogP contribution in [0, 0.1) is 11.8 Å². The van der Waals surface area contributed by atoms with Crippen molar-refractivity contribution in [3.8, 4) is 0 Å². The molecule has 174 valence electrons. The third-order valence-electron chi connectivity index (χ3n) is 7.08. The third kappa shape index (κ3) is 4.82. The molecule has 1 aliphatic heterocycles. The summed E-state index contributed by atoms with van der Waals surface area (Å²) in [5, 5.41) is 5.57. The third-order valence-corrected chi connectivity index (χ3v) is 7.08. The molecule has 1 atom stereocenters. The molecule has 2 amide bonds. The molecule has 3 aromatic rings. The average Bonchev–Trinajstić information content (AvgIpc) is 3.15. The molecule has 2 heterocycles. The van der Waals surface area contributed by atoms with Crippen molar-refractivity contribution in [3.63, 3.8) is 0 Å². The molecule has 1 N–H and O–H groups in total. The molecule has 5 heteroatoms. The summed E-state index contributed by atoms with van der Waals surface area (Å²) in [6.07, 6.45) is 5.02. The Morgan fingerprint density at radius 3 is 2.42 bits per heavy atom. The Kier molecular flexibility index (Phi) is 6.87. The average molecular weight is 446 g/mol. The molecule has 33 heavy (non-hydrogen) atoms. The van der Waals surface area contributed by atoms with Crippen LogP contribution in [-0.4, -0.2) is 40.4 Å². The number of nitrogens with one attached hydrogen (secondary N) is 1. The van der Waals surface area contributed by atoms with E-state index in [2.05, 4.69) is 73.1 Å². The van der Waals surface area contributed by atoms with Gasteiger partial charge >= 0.3 is 0 Å². The van der Waals surface area contributed by atoms with Crippen LogP contribution in [0.4, 0.5) is 0 Å². The highest BCUT2D eigenvalue weighted by Crippen LogP contribution is 2.30. The van der Waals surface area contributed by atoms with Crippen LogP contribution in [-0.2, 0) is 16.1 Å². The minimum absolute atomic E-state index is 0.00230. The Balaban J connectivity index is 1.41. The molecule has 1 fully saturated rings. The van der Waals surface area contributed by atoms with Crippen molar-refractivity contribution in [2.75, 3.05) is 13.1 Å². The van der Waals surface area contributed by atoms with Crippen molar-refractivity contribution >= 4 is 39.7 Å². The van der Waals surface area contributed by atoms with E-state index in [4.69, 9.17) is 0 Å². The monoisotopic (exact) mass is 445 g/mol. The van der Waals surface area contributed by atoms with Gasteiger partial charge in [0.05, 0.1) is 0 Å². The van der Waals surface area contributed by atoms with Crippen LogP contribution in [0.25, 0.3) is 27.9 Å². The zero-order valence-electron chi connectivity index (χ0n) is 20.2. The van der Waals surface area contributed by atoms with E-state index in [1.165, 1.54) is 21.8 Å². The van der Waals surface area contributed by atoms with Gasteiger partial charge < -0.3 is 14.8 Å². The number of aryl methyl sites for hydroxylation is 1. The van der Waals surface area contributed by atoms with E-state index in [-0.39, 0.29) is 23.8 Å². The number of likely N-dealkylation sites (tertiary alicyclic amines) is 1. The SMILES string of the molecule is CCn1c2ccccc2c2cc(/C=C/C(=O)N3CCC(C(=O)NC(C)C(C)C)CC3)ccc21. The molecule has 2 aromatic carbocycles. The maximum Gasteiger partial charge on any atom is 0.246 e. The number of piperidine rings is 1. The van der Waals surface area contributed by atoms with Gasteiger partial charge in [0.1, 0.15) is 0 Å². The van der Waals surface area contributed by atoms with Crippen molar-refractivity contribution in [1.82, 2.24) is 14.8 Å². The van der Waals surface area contributed by atoms with Gasteiger partial charge in [-0.3, -0.25) is 9.59 Å². The van der Waals surface area contributed by atoms with E-state index in [0.29, 0.717) is 19.0 Å². The topological polar surface area (TPSA) is 54.3 Å². The van der Waals surface area contributed by atoms with Gasteiger partial charge in [-0.15, -0.1) is 0 Å². The van der Waals surface area contributed by atoms with Crippen LogP contribution >= 0.6 is 0 Å². The molecule has 0 radical (unpaired) electrons. The summed E-state index contributed by atoms with van der Waals surface area (Å²) in [6.45, 7) is 10.6. The van der Waals surface area contributed by atoms with Crippen molar-refractivity contribution in [2.45, 2.75) is 53.1 Å². The number of benzene rings is 2. The number of fused-ring (bicyclic) bond motifs is 3. The molecule has 0 spiro atoms. The summed E-state index contributed by atoms with van der Waals surface area (Å²) in [6, 6.07) is 15.0. The van der Waals surface area contributed by atoms with E-state index < -0.39 is 0 Å². The van der Waals surface area contributed by atoms with Crippen molar-refractivity contribution in [2.24, 2.45) is 11.8 Å². The second kappa shape index (κ2) is 9.82. The highest BCUT2D eigenvalue weighted by atomic mass is 16.2. The number of hydrogen-bond acceptors (Lipinski definition) is 2. The number of hydrogen-bond donors (Lipinski definition) is 1. The fraction of sp³-hybridized carbons (Fsp3) is 0.429. The molecular weight excluding hydrogens is 410 g/mol. The zero-order chi connectivity index (χ0) is 23.5. The molecule has 4 rings (SSSR count). The molecule has 0 bridgehead atoms. The predicted octanol–water partition coefficient (Wildman–Crippen LogP) is 5.23. The lowest BCUT2D eigenvalue weighted by Gasteiger charge is -2.31.